The summed E-state index contributed by atoms with van der Waals surface area (Å²) in [7, 11) is 0. The van der Waals surface area contributed by atoms with Gasteiger partial charge in [-0.2, -0.15) is 11.8 Å². The molecule has 0 N–H and O–H groups in total. The summed E-state index contributed by atoms with van der Waals surface area (Å²) in [6, 6.07) is 0. The van der Waals surface area contributed by atoms with Gasteiger partial charge in [0.2, 0.25) is 0 Å². The number of aromatic nitrogens is 2. The molecule has 6 heteroatoms. The van der Waals surface area contributed by atoms with Crippen LogP contribution >= 0.6 is 23.4 Å². The van der Waals surface area contributed by atoms with E-state index in [0.717, 1.165) is 11.5 Å². The highest BCUT2D eigenvalue weighted by atomic mass is 35.5. The number of rotatable bonds is 7. The van der Waals surface area contributed by atoms with E-state index in [1.165, 1.54) is 6.20 Å². The average Bonchev–Trinajstić information content (AvgIpc) is 2.38. The number of carbonyl (C=O) groups is 1. The van der Waals surface area contributed by atoms with Crippen molar-refractivity contribution in [1.29, 1.82) is 0 Å². The molecule has 19 heavy (non-hydrogen) atoms. The molecule has 1 aromatic rings. The highest BCUT2D eigenvalue weighted by Gasteiger charge is 2.15. The smallest absolute Gasteiger partial charge is 0.341 e. The molecule has 0 aliphatic carbocycles. The largest absolute Gasteiger partial charge is 0.462 e. The molecule has 0 unspecified atom stereocenters. The fourth-order valence-electron chi connectivity index (χ4n) is 1.40. The molecule has 0 aromatic carbocycles. The second-order valence-corrected chi connectivity index (χ2v) is 5.71. The second-order valence-electron chi connectivity index (χ2n) is 4.41. The van der Waals surface area contributed by atoms with Gasteiger partial charge < -0.3 is 4.74 Å². The number of nitrogens with zero attached hydrogens (tertiary/aromatic N) is 2. The summed E-state index contributed by atoms with van der Waals surface area (Å²) in [4.78, 5) is 20.2. The van der Waals surface area contributed by atoms with Crippen molar-refractivity contribution in [3.8, 4) is 0 Å². The monoisotopic (exact) mass is 302 g/mol. The molecule has 0 aliphatic heterocycles. The minimum atomic E-state index is -0.417. The maximum atomic E-state index is 11.7. The summed E-state index contributed by atoms with van der Waals surface area (Å²) in [5.74, 6) is 2.88. The van der Waals surface area contributed by atoms with Gasteiger partial charge in [-0.3, -0.25) is 0 Å². The number of hydrogen-bond acceptors (Lipinski definition) is 5. The van der Waals surface area contributed by atoms with Gasteiger partial charge in [-0.05, 0) is 18.6 Å². The molecular weight excluding hydrogens is 284 g/mol. The van der Waals surface area contributed by atoms with Crippen molar-refractivity contribution < 1.29 is 9.53 Å². The highest BCUT2D eigenvalue weighted by molar-refractivity contribution is 7.98. The van der Waals surface area contributed by atoms with Crippen molar-refractivity contribution in [2.24, 2.45) is 5.92 Å². The topological polar surface area (TPSA) is 52.1 Å². The Hall–Kier alpha value is -0.810. The van der Waals surface area contributed by atoms with Gasteiger partial charge in [-0.1, -0.05) is 13.8 Å². The Balaban J connectivity index is 2.75. The van der Waals surface area contributed by atoms with Crippen LogP contribution in [0.3, 0.4) is 0 Å². The lowest BCUT2D eigenvalue weighted by Gasteiger charge is -2.08. The van der Waals surface area contributed by atoms with Gasteiger partial charge in [0.25, 0.3) is 0 Å². The van der Waals surface area contributed by atoms with Crippen LogP contribution in [0, 0.1) is 5.92 Å². The van der Waals surface area contributed by atoms with E-state index < -0.39 is 5.97 Å². The average molecular weight is 303 g/mol. The Labute approximate surface area is 123 Å². The van der Waals surface area contributed by atoms with Crippen molar-refractivity contribution in [3.63, 3.8) is 0 Å². The number of alkyl halides is 1. The Morgan fingerprint density at radius 1 is 1.53 bits per heavy atom. The maximum Gasteiger partial charge on any atom is 0.341 e. The molecule has 106 valence electrons. The summed E-state index contributed by atoms with van der Waals surface area (Å²) in [5.41, 5.74) is 0.893. The Kier molecular flexibility index (Phi) is 7.16. The van der Waals surface area contributed by atoms with Crippen LogP contribution in [-0.2, 0) is 16.4 Å². The number of halogens is 1. The van der Waals surface area contributed by atoms with Gasteiger partial charge in [-0.15, -0.1) is 11.6 Å². The van der Waals surface area contributed by atoms with Gasteiger partial charge in [0.05, 0.1) is 23.9 Å². The third-order valence-electron chi connectivity index (χ3n) is 2.22. The van der Waals surface area contributed by atoms with E-state index in [0.29, 0.717) is 29.6 Å². The van der Waals surface area contributed by atoms with Crippen LogP contribution in [0.4, 0.5) is 0 Å². The number of thioether (sulfide) groups is 1. The van der Waals surface area contributed by atoms with Crippen LogP contribution < -0.4 is 0 Å². The summed E-state index contributed by atoms with van der Waals surface area (Å²) < 4.78 is 4.94. The third kappa shape index (κ3) is 5.37. The van der Waals surface area contributed by atoms with E-state index in [1.807, 2.05) is 0 Å². The van der Waals surface area contributed by atoms with Gasteiger partial charge in [0.1, 0.15) is 11.4 Å². The van der Waals surface area contributed by atoms with Crippen molar-refractivity contribution in [3.05, 3.63) is 23.3 Å². The predicted octanol–water partition coefficient (Wildman–Crippen LogP) is 3.28. The molecule has 4 nitrogen and oxygen atoms in total. The molecule has 0 amide bonds. The number of carbonyl (C=O) groups excluding carboxylic acids is 1. The fourth-order valence-corrected chi connectivity index (χ4v) is 2.51. The molecular formula is C13H19ClN2O2S. The van der Waals surface area contributed by atoms with E-state index >= 15 is 0 Å². The van der Waals surface area contributed by atoms with Gasteiger partial charge in [-0.25, -0.2) is 14.8 Å². The normalized spacial score (nSPS) is 10.8. The summed E-state index contributed by atoms with van der Waals surface area (Å²) >= 11 is 7.60. The van der Waals surface area contributed by atoms with Gasteiger partial charge in [0.15, 0.2) is 0 Å². The fraction of sp³-hybridized carbons (Fsp3) is 0.615. The lowest BCUT2D eigenvalue weighted by atomic mass is 10.2. The zero-order chi connectivity index (χ0) is 14.3. The Morgan fingerprint density at radius 2 is 2.26 bits per heavy atom. The summed E-state index contributed by atoms with van der Waals surface area (Å²) in [6.07, 6.45) is 1.51. The molecule has 0 atom stereocenters. The zero-order valence-electron chi connectivity index (χ0n) is 11.5. The van der Waals surface area contributed by atoms with Crippen molar-refractivity contribution in [1.82, 2.24) is 9.97 Å². The van der Waals surface area contributed by atoms with Crippen LogP contribution in [0.1, 0.15) is 42.6 Å². The molecule has 1 rings (SSSR count). The zero-order valence-corrected chi connectivity index (χ0v) is 13.1. The third-order valence-corrected chi connectivity index (χ3v) is 3.84. The first-order chi connectivity index (χ1) is 9.08. The molecule has 0 fully saturated rings. The van der Waals surface area contributed by atoms with E-state index in [1.54, 1.807) is 18.7 Å². The molecule has 1 heterocycles. The van der Waals surface area contributed by atoms with Crippen LogP contribution in [0.25, 0.3) is 0 Å². The molecule has 0 saturated heterocycles. The molecule has 0 aliphatic rings. The quantitative estimate of drug-likeness (QED) is 0.571. The van der Waals surface area contributed by atoms with Crippen molar-refractivity contribution >= 4 is 29.3 Å². The summed E-state index contributed by atoms with van der Waals surface area (Å²) in [6.45, 7) is 6.42. The standard InChI is InChI=1S/C13H19ClN2O2S/c1-4-18-13(17)10-6-15-12(16-11(10)5-14)8-19-7-9(2)3/h6,9H,4-5,7-8H2,1-3H3. The van der Waals surface area contributed by atoms with Gasteiger partial charge in [0, 0.05) is 6.20 Å². The van der Waals surface area contributed by atoms with E-state index in [-0.39, 0.29) is 5.88 Å². The molecule has 1 aromatic heterocycles. The first-order valence-corrected chi connectivity index (χ1v) is 7.93. The molecule has 0 radical (unpaired) electrons. The molecule has 0 bridgehead atoms. The predicted molar refractivity (Wildman–Crippen MR) is 78.5 cm³/mol. The van der Waals surface area contributed by atoms with E-state index in [9.17, 15) is 4.79 Å². The number of esters is 1. The minimum Gasteiger partial charge on any atom is -0.462 e. The van der Waals surface area contributed by atoms with Crippen LogP contribution in [0.15, 0.2) is 6.20 Å². The lowest BCUT2D eigenvalue weighted by molar-refractivity contribution is 0.0524. The van der Waals surface area contributed by atoms with Crippen LogP contribution in [0.2, 0.25) is 0 Å². The summed E-state index contributed by atoms with van der Waals surface area (Å²) in [5, 5.41) is 0. The van der Waals surface area contributed by atoms with Crippen molar-refractivity contribution in [2.45, 2.75) is 32.4 Å². The van der Waals surface area contributed by atoms with Gasteiger partial charge >= 0.3 is 5.97 Å². The molecule has 0 saturated carbocycles. The van der Waals surface area contributed by atoms with Crippen LogP contribution in [-0.4, -0.2) is 28.3 Å². The van der Waals surface area contributed by atoms with Crippen LogP contribution in [0.5, 0.6) is 0 Å². The SMILES string of the molecule is CCOC(=O)c1cnc(CSCC(C)C)nc1CCl. The first-order valence-electron chi connectivity index (χ1n) is 6.24. The second kappa shape index (κ2) is 8.38. The minimum absolute atomic E-state index is 0.179. The highest BCUT2D eigenvalue weighted by Crippen LogP contribution is 2.15. The Bertz CT molecular complexity index is 427. The maximum absolute atomic E-state index is 11.7. The first kappa shape index (κ1) is 16.2. The van der Waals surface area contributed by atoms with E-state index in [4.69, 9.17) is 16.3 Å². The number of hydrogen-bond donors (Lipinski definition) is 0. The van der Waals surface area contributed by atoms with E-state index in [2.05, 4.69) is 23.8 Å². The Morgan fingerprint density at radius 3 is 2.84 bits per heavy atom. The van der Waals surface area contributed by atoms with Crippen molar-refractivity contribution in [2.75, 3.05) is 12.4 Å². The molecule has 0 spiro atoms. The number of ether oxygens (including phenoxy) is 1. The lowest BCUT2D eigenvalue weighted by Crippen LogP contribution is -2.11.